The number of rotatable bonds is 7. The van der Waals surface area contributed by atoms with Crippen LogP contribution in [0.25, 0.3) is 0 Å². The summed E-state index contributed by atoms with van der Waals surface area (Å²) in [5, 5.41) is 4.86. The van der Waals surface area contributed by atoms with Crippen LogP contribution in [0.2, 0.25) is 5.02 Å². The van der Waals surface area contributed by atoms with Gasteiger partial charge in [0.15, 0.2) is 4.34 Å². The molecule has 0 aliphatic carbocycles. The topological polar surface area (TPSA) is 68.3 Å². The van der Waals surface area contributed by atoms with Gasteiger partial charge in [-0.3, -0.25) is 9.59 Å². The van der Waals surface area contributed by atoms with E-state index in [2.05, 4.69) is 10.3 Å². The molecule has 2 rings (SSSR count). The second-order valence-electron chi connectivity index (χ2n) is 4.85. The molecular weight excluding hydrogens is 368 g/mol. The van der Waals surface area contributed by atoms with Gasteiger partial charge in [0.1, 0.15) is 0 Å². The minimum Gasteiger partial charge on any atom is -0.466 e. The fourth-order valence-corrected chi connectivity index (χ4v) is 3.97. The zero-order chi connectivity index (χ0) is 17.5. The van der Waals surface area contributed by atoms with Crippen LogP contribution < -0.4 is 5.32 Å². The Morgan fingerprint density at radius 2 is 2.25 bits per heavy atom. The first-order valence-electron chi connectivity index (χ1n) is 7.31. The Bertz CT molecular complexity index is 721. The van der Waals surface area contributed by atoms with Crippen LogP contribution in [0.5, 0.6) is 0 Å². The molecule has 0 unspecified atom stereocenters. The standard InChI is InChI=1S/C16H17ClN2O3S2/c1-3-22-14(20)8-13-9-23-16(19-13)24-10(2)15(21)18-12-6-4-5-11(17)7-12/h4-7,9-10H,3,8H2,1-2H3,(H,18,21)/t10-/m1/s1. The molecule has 1 amide bonds. The first-order chi connectivity index (χ1) is 11.5. The van der Waals surface area contributed by atoms with E-state index in [9.17, 15) is 9.59 Å². The summed E-state index contributed by atoms with van der Waals surface area (Å²) in [6.45, 7) is 3.92. The molecule has 0 saturated carbocycles. The molecule has 0 aliphatic heterocycles. The number of carbonyl (C=O) groups excluding carboxylic acids is 2. The number of aromatic nitrogens is 1. The Hall–Kier alpha value is -1.57. The summed E-state index contributed by atoms with van der Waals surface area (Å²) in [4.78, 5) is 28.0. The number of halogens is 1. The summed E-state index contributed by atoms with van der Waals surface area (Å²) in [5.74, 6) is -0.435. The molecule has 0 aliphatic rings. The highest BCUT2D eigenvalue weighted by atomic mass is 35.5. The molecule has 1 heterocycles. The van der Waals surface area contributed by atoms with E-state index in [4.69, 9.17) is 16.3 Å². The van der Waals surface area contributed by atoms with Crippen LogP contribution in [0, 0.1) is 0 Å². The van der Waals surface area contributed by atoms with Gasteiger partial charge in [0.25, 0.3) is 0 Å². The van der Waals surface area contributed by atoms with E-state index in [1.54, 1.807) is 43.5 Å². The third-order valence-corrected chi connectivity index (χ3v) is 5.26. The highest BCUT2D eigenvalue weighted by molar-refractivity contribution is 8.02. The summed E-state index contributed by atoms with van der Waals surface area (Å²) >= 11 is 8.66. The summed E-state index contributed by atoms with van der Waals surface area (Å²) in [5.41, 5.74) is 1.31. The van der Waals surface area contributed by atoms with E-state index in [-0.39, 0.29) is 23.5 Å². The van der Waals surface area contributed by atoms with E-state index in [1.807, 2.05) is 0 Å². The molecule has 0 radical (unpaired) electrons. The average molecular weight is 385 g/mol. The Morgan fingerprint density at radius 3 is 2.96 bits per heavy atom. The van der Waals surface area contributed by atoms with E-state index in [1.165, 1.54) is 23.1 Å². The van der Waals surface area contributed by atoms with Gasteiger partial charge in [-0.05, 0) is 32.0 Å². The van der Waals surface area contributed by atoms with Crippen molar-refractivity contribution in [1.29, 1.82) is 0 Å². The van der Waals surface area contributed by atoms with Crippen molar-refractivity contribution in [2.24, 2.45) is 0 Å². The summed E-state index contributed by atoms with van der Waals surface area (Å²) in [7, 11) is 0. The highest BCUT2D eigenvalue weighted by Crippen LogP contribution is 2.28. The Kier molecular flexibility index (Phi) is 7.08. The number of benzene rings is 1. The highest BCUT2D eigenvalue weighted by Gasteiger charge is 2.17. The van der Waals surface area contributed by atoms with Gasteiger partial charge in [0.05, 0.1) is 24.0 Å². The van der Waals surface area contributed by atoms with Crippen molar-refractivity contribution < 1.29 is 14.3 Å². The molecule has 128 valence electrons. The lowest BCUT2D eigenvalue weighted by Gasteiger charge is -2.10. The Balaban J connectivity index is 1.89. The van der Waals surface area contributed by atoms with Gasteiger partial charge in [0, 0.05) is 16.1 Å². The third kappa shape index (κ3) is 5.81. The normalized spacial score (nSPS) is 11.8. The maximum atomic E-state index is 12.2. The van der Waals surface area contributed by atoms with Gasteiger partial charge in [0.2, 0.25) is 5.91 Å². The van der Waals surface area contributed by atoms with Crippen LogP contribution in [0.1, 0.15) is 19.5 Å². The first-order valence-corrected chi connectivity index (χ1v) is 9.44. The molecule has 0 bridgehead atoms. The summed E-state index contributed by atoms with van der Waals surface area (Å²) in [6.07, 6.45) is 0.147. The van der Waals surface area contributed by atoms with Crippen molar-refractivity contribution in [3.63, 3.8) is 0 Å². The quantitative estimate of drug-likeness (QED) is 0.576. The molecule has 0 saturated heterocycles. The molecule has 1 aromatic carbocycles. The second-order valence-corrected chi connectivity index (χ2v) is 7.73. The molecule has 0 spiro atoms. The van der Waals surface area contributed by atoms with Gasteiger partial charge in [-0.2, -0.15) is 0 Å². The van der Waals surface area contributed by atoms with Crippen molar-refractivity contribution in [3.05, 3.63) is 40.4 Å². The van der Waals surface area contributed by atoms with E-state index in [0.717, 1.165) is 4.34 Å². The third-order valence-electron chi connectivity index (χ3n) is 2.90. The lowest BCUT2D eigenvalue weighted by molar-refractivity contribution is -0.142. The number of hydrogen-bond donors (Lipinski definition) is 1. The fourth-order valence-electron chi connectivity index (χ4n) is 1.80. The number of amides is 1. The largest absolute Gasteiger partial charge is 0.466 e. The van der Waals surface area contributed by atoms with Crippen molar-refractivity contribution in [2.45, 2.75) is 29.9 Å². The number of thioether (sulfide) groups is 1. The molecule has 1 N–H and O–H groups in total. The molecule has 2 aromatic rings. The zero-order valence-electron chi connectivity index (χ0n) is 13.2. The van der Waals surface area contributed by atoms with Crippen molar-refractivity contribution in [3.8, 4) is 0 Å². The van der Waals surface area contributed by atoms with E-state index in [0.29, 0.717) is 23.0 Å². The van der Waals surface area contributed by atoms with Gasteiger partial charge in [-0.1, -0.05) is 29.4 Å². The van der Waals surface area contributed by atoms with Crippen molar-refractivity contribution in [2.75, 3.05) is 11.9 Å². The van der Waals surface area contributed by atoms with Crippen LogP contribution in [0.4, 0.5) is 5.69 Å². The van der Waals surface area contributed by atoms with Crippen molar-refractivity contribution >= 4 is 52.3 Å². The summed E-state index contributed by atoms with van der Waals surface area (Å²) in [6, 6.07) is 6.99. The molecule has 1 aromatic heterocycles. The molecule has 8 heteroatoms. The molecule has 5 nitrogen and oxygen atoms in total. The minimum absolute atomic E-state index is 0.135. The van der Waals surface area contributed by atoms with Gasteiger partial charge < -0.3 is 10.1 Å². The Morgan fingerprint density at radius 1 is 1.46 bits per heavy atom. The number of esters is 1. The number of carbonyl (C=O) groups is 2. The van der Waals surface area contributed by atoms with Crippen molar-refractivity contribution in [1.82, 2.24) is 4.98 Å². The van der Waals surface area contributed by atoms with Crippen LogP contribution in [-0.2, 0) is 20.7 Å². The monoisotopic (exact) mass is 384 g/mol. The van der Waals surface area contributed by atoms with Gasteiger partial charge in [-0.25, -0.2) is 4.98 Å². The zero-order valence-corrected chi connectivity index (χ0v) is 15.6. The summed E-state index contributed by atoms with van der Waals surface area (Å²) < 4.78 is 5.63. The Labute approximate surface area is 153 Å². The molecule has 1 atom stereocenters. The van der Waals surface area contributed by atoms with Crippen LogP contribution in [0.15, 0.2) is 34.0 Å². The number of hydrogen-bond acceptors (Lipinski definition) is 6. The predicted molar refractivity (Wildman–Crippen MR) is 97.9 cm³/mol. The lowest BCUT2D eigenvalue weighted by atomic mass is 10.3. The smallest absolute Gasteiger partial charge is 0.311 e. The van der Waals surface area contributed by atoms with Crippen LogP contribution in [0.3, 0.4) is 0 Å². The van der Waals surface area contributed by atoms with E-state index >= 15 is 0 Å². The number of ether oxygens (including phenoxy) is 1. The predicted octanol–water partition coefficient (Wildman–Crippen LogP) is 4.02. The van der Waals surface area contributed by atoms with Crippen LogP contribution >= 0.6 is 34.7 Å². The average Bonchev–Trinajstić information content (AvgIpc) is 2.94. The second kappa shape index (κ2) is 9.05. The maximum Gasteiger partial charge on any atom is 0.311 e. The van der Waals surface area contributed by atoms with E-state index < -0.39 is 0 Å². The number of thiazole rings is 1. The maximum absolute atomic E-state index is 12.2. The van der Waals surface area contributed by atoms with Gasteiger partial charge in [-0.15, -0.1) is 11.3 Å². The fraction of sp³-hybridized carbons (Fsp3) is 0.312. The number of nitrogens with zero attached hydrogens (tertiary/aromatic N) is 1. The van der Waals surface area contributed by atoms with Gasteiger partial charge >= 0.3 is 5.97 Å². The number of nitrogens with one attached hydrogen (secondary N) is 1. The molecular formula is C16H17ClN2O3S2. The molecule has 0 fully saturated rings. The lowest BCUT2D eigenvalue weighted by Crippen LogP contribution is -2.22. The SMILES string of the molecule is CCOC(=O)Cc1csc(S[C@H](C)C(=O)Nc2cccc(Cl)c2)n1. The number of anilines is 1. The van der Waals surface area contributed by atoms with Crippen LogP contribution in [-0.4, -0.2) is 28.7 Å². The molecule has 24 heavy (non-hydrogen) atoms. The first kappa shape index (κ1) is 18.8. The minimum atomic E-state index is -0.328.